The number of hydrogen-bond acceptors (Lipinski definition) is 6. The summed E-state index contributed by atoms with van der Waals surface area (Å²) in [6, 6.07) is -2.70. The lowest BCUT2D eigenvalue weighted by Gasteiger charge is -2.28. The highest BCUT2D eigenvalue weighted by Crippen LogP contribution is 2.19. The summed E-state index contributed by atoms with van der Waals surface area (Å²) in [5, 5.41) is 14.3. The fourth-order valence-corrected chi connectivity index (χ4v) is 2.95. The van der Waals surface area contributed by atoms with Crippen LogP contribution in [0.4, 0.5) is 0 Å². The number of nitrogens with zero attached hydrogens (tertiary/aromatic N) is 1. The molecule has 0 aliphatic carbocycles. The Bertz CT molecular complexity index is 528. The standard InChI is InChI=1S/C15H26N4O5S/c1-8(2)12(18-11(20)6-16)13(21)17-9(7-25)14(22)19-5-3-4-10(19)15(23)24/h8-10,12,25H,3-7,16H2,1-2H3,(H,17,21)(H,18,20)(H,23,24). The van der Waals surface area contributed by atoms with Gasteiger partial charge in [0.15, 0.2) is 0 Å². The van der Waals surface area contributed by atoms with Crippen LogP contribution in [-0.4, -0.2) is 70.7 Å². The zero-order chi connectivity index (χ0) is 19.1. The number of aliphatic carboxylic acids is 1. The molecular weight excluding hydrogens is 348 g/mol. The van der Waals surface area contributed by atoms with Crippen LogP contribution in [0.15, 0.2) is 0 Å². The Morgan fingerprint density at radius 2 is 1.92 bits per heavy atom. The first-order valence-electron chi connectivity index (χ1n) is 8.16. The quantitative estimate of drug-likeness (QED) is 0.330. The van der Waals surface area contributed by atoms with Crippen molar-refractivity contribution in [3.8, 4) is 0 Å². The number of amides is 3. The third-order valence-electron chi connectivity index (χ3n) is 4.07. The Hall–Kier alpha value is -1.81. The Morgan fingerprint density at radius 3 is 2.40 bits per heavy atom. The molecule has 0 aromatic carbocycles. The lowest BCUT2D eigenvalue weighted by molar-refractivity contribution is -0.149. The Labute approximate surface area is 152 Å². The molecule has 1 fully saturated rings. The molecule has 1 heterocycles. The molecule has 5 N–H and O–H groups in total. The molecule has 3 unspecified atom stereocenters. The van der Waals surface area contributed by atoms with Gasteiger partial charge in [-0.1, -0.05) is 13.8 Å². The summed E-state index contributed by atoms with van der Waals surface area (Å²) in [4.78, 5) is 49.0. The second-order valence-corrected chi connectivity index (χ2v) is 6.63. The van der Waals surface area contributed by atoms with Gasteiger partial charge in [0.25, 0.3) is 0 Å². The summed E-state index contributed by atoms with van der Waals surface area (Å²) in [7, 11) is 0. The van der Waals surface area contributed by atoms with Crippen LogP contribution in [0.25, 0.3) is 0 Å². The van der Waals surface area contributed by atoms with E-state index >= 15 is 0 Å². The number of thiol groups is 1. The topological polar surface area (TPSA) is 142 Å². The molecule has 1 aliphatic rings. The summed E-state index contributed by atoms with van der Waals surface area (Å²) in [5.74, 6) is -2.76. The molecule has 0 radical (unpaired) electrons. The Kier molecular flexibility index (Phi) is 8.17. The smallest absolute Gasteiger partial charge is 0.326 e. The first-order valence-corrected chi connectivity index (χ1v) is 8.80. The number of nitrogens with two attached hydrogens (primary N) is 1. The monoisotopic (exact) mass is 374 g/mol. The van der Waals surface area contributed by atoms with Gasteiger partial charge >= 0.3 is 5.97 Å². The highest BCUT2D eigenvalue weighted by Gasteiger charge is 2.38. The van der Waals surface area contributed by atoms with E-state index in [0.717, 1.165) is 0 Å². The van der Waals surface area contributed by atoms with Crippen LogP contribution in [0.3, 0.4) is 0 Å². The molecule has 10 heteroatoms. The minimum absolute atomic E-state index is 0.0169. The van der Waals surface area contributed by atoms with E-state index in [0.29, 0.717) is 19.4 Å². The van der Waals surface area contributed by atoms with Gasteiger partial charge < -0.3 is 26.4 Å². The number of carbonyl (C=O) groups is 4. The van der Waals surface area contributed by atoms with Crippen LogP contribution in [0.1, 0.15) is 26.7 Å². The average Bonchev–Trinajstić information content (AvgIpc) is 3.05. The van der Waals surface area contributed by atoms with Crippen LogP contribution in [0.5, 0.6) is 0 Å². The number of rotatable bonds is 8. The van der Waals surface area contributed by atoms with Crippen molar-refractivity contribution in [1.82, 2.24) is 15.5 Å². The first kappa shape index (κ1) is 21.2. The third-order valence-corrected chi connectivity index (χ3v) is 4.43. The maximum absolute atomic E-state index is 12.6. The van der Waals surface area contributed by atoms with Crippen molar-refractivity contribution < 1.29 is 24.3 Å². The average molecular weight is 374 g/mol. The predicted octanol–water partition coefficient (Wildman–Crippen LogP) is -1.42. The van der Waals surface area contributed by atoms with E-state index in [1.54, 1.807) is 13.8 Å². The van der Waals surface area contributed by atoms with Crippen LogP contribution in [0, 0.1) is 5.92 Å². The molecule has 0 aromatic rings. The van der Waals surface area contributed by atoms with Crippen molar-refractivity contribution in [3.05, 3.63) is 0 Å². The van der Waals surface area contributed by atoms with E-state index in [-0.39, 0.29) is 18.2 Å². The SMILES string of the molecule is CC(C)C(NC(=O)CN)C(=O)NC(CS)C(=O)N1CCCC1C(=O)O. The van der Waals surface area contributed by atoms with Gasteiger partial charge in [0, 0.05) is 12.3 Å². The molecule has 3 atom stereocenters. The molecule has 9 nitrogen and oxygen atoms in total. The van der Waals surface area contributed by atoms with E-state index in [4.69, 9.17) is 5.73 Å². The van der Waals surface area contributed by atoms with Crippen molar-refractivity contribution in [2.45, 2.75) is 44.8 Å². The van der Waals surface area contributed by atoms with Crippen molar-refractivity contribution in [2.75, 3.05) is 18.8 Å². The minimum Gasteiger partial charge on any atom is -0.480 e. The van der Waals surface area contributed by atoms with E-state index < -0.39 is 41.8 Å². The molecule has 0 bridgehead atoms. The molecule has 3 amide bonds. The van der Waals surface area contributed by atoms with Gasteiger partial charge in [0.05, 0.1) is 6.54 Å². The zero-order valence-corrected chi connectivity index (χ0v) is 15.3. The number of hydrogen-bond donors (Lipinski definition) is 5. The van der Waals surface area contributed by atoms with Crippen LogP contribution in [0.2, 0.25) is 0 Å². The van der Waals surface area contributed by atoms with Crippen LogP contribution >= 0.6 is 12.6 Å². The molecule has 0 spiro atoms. The molecule has 1 aliphatic heterocycles. The third kappa shape index (κ3) is 5.60. The second-order valence-electron chi connectivity index (χ2n) is 6.26. The summed E-state index contributed by atoms with van der Waals surface area (Å²) in [6.45, 7) is 3.58. The van der Waals surface area contributed by atoms with Crippen molar-refractivity contribution >= 4 is 36.3 Å². The van der Waals surface area contributed by atoms with Crippen molar-refractivity contribution in [3.63, 3.8) is 0 Å². The number of carbonyl (C=O) groups excluding carboxylic acids is 3. The van der Waals surface area contributed by atoms with E-state index in [1.807, 2.05) is 0 Å². The van der Waals surface area contributed by atoms with Crippen LogP contribution < -0.4 is 16.4 Å². The number of carboxylic acids is 1. The van der Waals surface area contributed by atoms with Gasteiger partial charge in [0.1, 0.15) is 18.1 Å². The molecule has 25 heavy (non-hydrogen) atoms. The van der Waals surface area contributed by atoms with Gasteiger partial charge in [-0.15, -0.1) is 0 Å². The normalized spacial score (nSPS) is 19.4. The largest absolute Gasteiger partial charge is 0.480 e. The molecular formula is C15H26N4O5S. The lowest BCUT2D eigenvalue weighted by Crippen LogP contribution is -2.58. The van der Waals surface area contributed by atoms with Gasteiger partial charge in [-0.3, -0.25) is 14.4 Å². The highest BCUT2D eigenvalue weighted by molar-refractivity contribution is 7.80. The highest BCUT2D eigenvalue weighted by atomic mass is 32.1. The molecule has 1 saturated heterocycles. The van der Waals surface area contributed by atoms with Gasteiger partial charge in [-0.05, 0) is 18.8 Å². The number of likely N-dealkylation sites (tertiary alicyclic amines) is 1. The van der Waals surface area contributed by atoms with Gasteiger partial charge in [0.2, 0.25) is 17.7 Å². The van der Waals surface area contributed by atoms with Crippen LogP contribution in [-0.2, 0) is 19.2 Å². The molecule has 1 rings (SSSR count). The maximum atomic E-state index is 12.6. The maximum Gasteiger partial charge on any atom is 0.326 e. The van der Waals surface area contributed by atoms with Crippen molar-refractivity contribution in [1.29, 1.82) is 0 Å². The minimum atomic E-state index is -1.06. The molecule has 0 aromatic heterocycles. The summed E-state index contributed by atoms with van der Waals surface area (Å²) >= 11 is 4.10. The molecule has 0 saturated carbocycles. The molecule has 142 valence electrons. The Balaban J connectivity index is 2.81. The van der Waals surface area contributed by atoms with E-state index in [1.165, 1.54) is 4.90 Å². The fourth-order valence-electron chi connectivity index (χ4n) is 2.70. The van der Waals surface area contributed by atoms with E-state index in [2.05, 4.69) is 23.3 Å². The Morgan fingerprint density at radius 1 is 1.28 bits per heavy atom. The van der Waals surface area contributed by atoms with Crippen molar-refractivity contribution in [2.24, 2.45) is 11.7 Å². The van der Waals surface area contributed by atoms with Gasteiger partial charge in [-0.2, -0.15) is 12.6 Å². The summed E-state index contributed by atoms with van der Waals surface area (Å²) in [6.07, 6.45) is 0.979. The van der Waals surface area contributed by atoms with E-state index in [9.17, 15) is 24.3 Å². The lowest BCUT2D eigenvalue weighted by atomic mass is 10.0. The summed E-state index contributed by atoms with van der Waals surface area (Å²) in [5.41, 5.74) is 5.25. The van der Waals surface area contributed by atoms with Gasteiger partial charge in [-0.25, -0.2) is 4.79 Å². The summed E-state index contributed by atoms with van der Waals surface area (Å²) < 4.78 is 0. The first-order chi connectivity index (χ1) is 11.7. The second kappa shape index (κ2) is 9.62. The zero-order valence-electron chi connectivity index (χ0n) is 14.4. The number of carboxylic acid groups (broad SMARTS) is 1. The number of nitrogens with one attached hydrogen (secondary N) is 2. The fraction of sp³-hybridized carbons (Fsp3) is 0.733. The predicted molar refractivity (Wildman–Crippen MR) is 94.0 cm³/mol.